The lowest BCUT2D eigenvalue weighted by molar-refractivity contribution is -0.123. The first-order valence-electron chi connectivity index (χ1n) is 9.97. The monoisotopic (exact) mass is 382 g/mol. The summed E-state index contributed by atoms with van der Waals surface area (Å²) in [4.78, 5) is 14.8. The third-order valence-corrected chi connectivity index (χ3v) is 5.16. The van der Waals surface area contributed by atoms with Gasteiger partial charge in [0.1, 0.15) is 0 Å². The number of methoxy groups -OCH3 is 1. The summed E-state index contributed by atoms with van der Waals surface area (Å²) in [7, 11) is 1.59. The Bertz CT molecular complexity index is 778. The summed E-state index contributed by atoms with van der Waals surface area (Å²) >= 11 is 0. The summed E-state index contributed by atoms with van der Waals surface area (Å²) in [5, 5.41) is 2.97. The maximum atomic E-state index is 12.2. The molecule has 1 heterocycles. The van der Waals surface area contributed by atoms with Gasteiger partial charge in [-0.2, -0.15) is 0 Å². The van der Waals surface area contributed by atoms with Crippen LogP contribution >= 0.6 is 0 Å². The normalized spacial score (nSPS) is 17.1. The van der Waals surface area contributed by atoms with Crippen molar-refractivity contribution in [2.45, 2.75) is 32.9 Å². The fourth-order valence-corrected chi connectivity index (χ4v) is 3.68. The molecule has 2 aromatic rings. The first-order valence-corrected chi connectivity index (χ1v) is 9.97. The molecule has 2 aromatic carbocycles. The number of ether oxygens (including phenoxy) is 2. The Morgan fingerprint density at radius 1 is 1.11 bits per heavy atom. The molecule has 1 saturated heterocycles. The Morgan fingerprint density at radius 2 is 1.82 bits per heavy atom. The SMILES string of the molecule is COc1ccccc1OCC(=O)NCc1ccccc1CN1CCC[C@@H](C)C1. The molecule has 0 spiro atoms. The molecule has 28 heavy (non-hydrogen) atoms. The lowest BCUT2D eigenvalue weighted by Gasteiger charge is -2.31. The van der Waals surface area contributed by atoms with Crippen molar-refractivity contribution in [3.05, 3.63) is 59.7 Å². The maximum absolute atomic E-state index is 12.2. The van der Waals surface area contributed by atoms with Gasteiger partial charge in [0.15, 0.2) is 18.1 Å². The van der Waals surface area contributed by atoms with E-state index in [9.17, 15) is 4.79 Å². The molecule has 0 radical (unpaired) electrons. The predicted octanol–water partition coefficient (Wildman–Crippen LogP) is 3.62. The van der Waals surface area contributed by atoms with Crippen molar-refractivity contribution in [3.63, 3.8) is 0 Å². The van der Waals surface area contributed by atoms with Crippen LogP contribution in [0.15, 0.2) is 48.5 Å². The number of hydrogen-bond donors (Lipinski definition) is 1. The minimum atomic E-state index is -0.146. The number of benzene rings is 2. The number of piperidine rings is 1. The van der Waals surface area contributed by atoms with Crippen LogP contribution in [-0.4, -0.2) is 37.6 Å². The van der Waals surface area contributed by atoms with Crippen molar-refractivity contribution >= 4 is 5.91 Å². The molecule has 5 heteroatoms. The molecule has 1 amide bonds. The third kappa shape index (κ3) is 5.73. The van der Waals surface area contributed by atoms with Crippen LogP contribution in [0.25, 0.3) is 0 Å². The molecule has 5 nitrogen and oxygen atoms in total. The quantitative estimate of drug-likeness (QED) is 0.758. The zero-order chi connectivity index (χ0) is 19.8. The molecule has 1 fully saturated rings. The number of para-hydroxylation sites is 2. The van der Waals surface area contributed by atoms with Gasteiger partial charge in [-0.15, -0.1) is 0 Å². The van der Waals surface area contributed by atoms with Crippen molar-refractivity contribution in [1.29, 1.82) is 0 Å². The molecular formula is C23H30N2O3. The van der Waals surface area contributed by atoms with Crippen LogP contribution in [0.5, 0.6) is 11.5 Å². The van der Waals surface area contributed by atoms with Gasteiger partial charge in [0.2, 0.25) is 0 Å². The fourth-order valence-electron chi connectivity index (χ4n) is 3.68. The molecule has 0 aromatic heterocycles. The van der Waals surface area contributed by atoms with E-state index in [4.69, 9.17) is 9.47 Å². The largest absolute Gasteiger partial charge is 0.493 e. The first kappa shape index (κ1) is 20.2. The summed E-state index contributed by atoms with van der Waals surface area (Å²) in [6, 6.07) is 15.7. The van der Waals surface area contributed by atoms with Crippen LogP contribution in [0.1, 0.15) is 30.9 Å². The van der Waals surface area contributed by atoms with E-state index in [0.29, 0.717) is 18.0 Å². The van der Waals surface area contributed by atoms with E-state index in [0.717, 1.165) is 31.1 Å². The van der Waals surface area contributed by atoms with Gasteiger partial charge in [-0.05, 0) is 48.6 Å². The molecule has 150 valence electrons. The van der Waals surface area contributed by atoms with Gasteiger partial charge < -0.3 is 14.8 Å². The lowest BCUT2D eigenvalue weighted by atomic mass is 9.99. The van der Waals surface area contributed by atoms with Gasteiger partial charge >= 0.3 is 0 Å². The highest BCUT2D eigenvalue weighted by molar-refractivity contribution is 5.77. The molecule has 1 aliphatic rings. The van der Waals surface area contributed by atoms with Crippen LogP contribution in [0, 0.1) is 5.92 Å². The maximum Gasteiger partial charge on any atom is 0.258 e. The van der Waals surface area contributed by atoms with E-state index >= 15 is 0 Å². The fraction of sp³-hybridized carbons (Fsp3) is 0.435. The molecular weight excluding hydrogens is 352 g/mol. The molecule has 0 aliphatic carbocycles. The Morgan fingerprint density at radius 3 is 2.57 bits per heavy atom. The predicted molar refractivity (Wildman–Crippen MR) is 110 cm³/mol. The second-order valence-electron chi connectivity index (χ2n) is 7.47. The Kier molecular flexibility index (Phi) is 7.31. The number of likely N-dealkylation sites (tertiary alicyclic amines) is 1. The Hall–Kier alpha value is -2.53. The number of carbonyl (C=O) groups is 1. The highest BCUT2D eigenvalue weighted by Gasteiger charge is 2.17. The van der Waals surface area contributed by atoms with Crippen molar-refractivity contribution in [3.8, 4) is 11.5 Å². The van der Waals surface area contributed by atoms with E-state index in [-0.39, 0.29) is 12.5 Å². The van der Waals surface area contributed by atoms with Crippen LogP contribution in [0.4, 0.5) is 0 Å². The van der Waals surface area contributed by atoms with Crippen LogP contribution < -0.4 is 14.8 Å². The van der Waals surface area contributed by atoms with Gasteiger partial charge in [-0.1, -0.05) is 43.3 Å². The standard InChI is InChI=1S/C23H30N2O3/c1-18-8-7-13-25(15-18)16-20-10-4-3-9-19(20)14-24-23(26)17-28-22-12-6-5-11-21(22)27-2/h3-6,9-12,18H,7-8,13-17H2,1-2H3,(H,24,26)/t18-/m1/s1. The average Bonchev–Trinajstić information content (AvgIpc) is 2.72. The summed E-state index contributed by atoms with van der Waals surface area (Å²) in [6.45, 7) is 6.03. The number of hydrogen-bond acceptors (Lipinski definition) is 4. The van der Waals surface area contributed by atoms with Gasteiger partial charge in [0.25, 0.3) is 5.91 Å². The van der Waals surface area contributed by atoms with Gasteiger partial charge in [-0.3, -0.25) is 9.69 Å². The van der Waals surface area contributed by atoms with E-state index in [2.05, 4.69) is 35.3 Å². The summed E-state index contributed by atoms with van der Waals surface area (Å²) in [5.74, 6) is 1.80. The smallest absolute Gasteiger partial charge is 0.258 e. The van der Waals surface area contributed by atoms with Gasteiger partial charge in [0, 0.05) is 19.6 Å². The van der Waals surface area contributed by atoms with Crippen molar-refractivity contribution < 1.29 is 14.3 Å². The number of amides is 1. The van der Waals surface area contributed by atoms with Crippen molar-refractivity contribution in [2.75, 3.05) is 26.8 Å². The van der Waals surface area contributed by atoms with Crippen molar-refractivity contribution in [1.82, 2.24) is 10.2 Å². The summed E-state index contributed by atoms with van der Waals surface area (Å²) < 4.78 is 10.8. The molecule has 1 N–H and O–H groups in total. The number of nitrogens with one attached hydrogen (secondary N) is 1. The lowest BCUT2D eigenvalue weighted by Crippen LogP contribution is -2.34. The minimum Gasteiger partial charge on any atom is -0.493 e. The van der Waals surface area contributed by atoms with Crippen LogP contribution in [0.2, 0.25) is 0 Å². The molecule has 0 unspecified atom stereocenters. The second kappa shape index (κ2) is 10.1. The molecule has 0 saturated carbocycles. The minimum absolute atomic E-state index is 0.0355. The second-order valence-corrected chi connectivity index (χ2v) is 7.47. The number of rotatable bonds is 8. The molecule has 3 rings (SSSR count). The first-order chi connectivity index (χ1) is 13.7. The average molecular weight is 383 g/mol. The zero-order valence-corrected chi connectivity index (χ0v) is 16.8. The summed E-state index contributed by atoms with van der Waals surface area (Å²) in [5.41, 5.74) is 2.44. The van der Waals surface area contributed by atoms with Crippen LogP contribution in [0.3, 0.4) is 0 Å². The van der Waals surface area contributed by atoms with E-state index in [1.165, 1.54) is 18.4 Å². The van der Waals surface area contributed by atoms with E-state index < -0.39 is 0 Å². The Labute approximate surface area is 167 Å². The number of nitrogens with zero attached hydrogens (tertiary/aromatic N) is 1. The highest BCUT2D eigenvalue weighted by atomic mass is 16.5. The van der Waals surface area contributed by atoms with Gasteiger partial charge in [-0.25, -0.2) is 0 Å². The van der Waals surface area contributed by atoms with E-state index in [1.807, 2.05) is 24.3 Å². The van der Waals surface area contributed by atoms with E-state index in [1.54, 1.807) is 13.2 Å². The Balaban J connectivity index is 1.52. The van der Waals surface area contributed by atoms with Crippen LogP contribution in [-0.2, 0) is 17.9 Å². The van der Waals surface area contributed by atoms with Crippen molar-refractivity contribution in [2.24, 2.45) is 5.92 Å². The molecule has 1 aliphatic heterocycles. The number of carbonyl (C=O) groups excluding carboxylic acids is 1. The highest BCUT2D eigenvalue weighted by Crippen LogP contribution is 2.25. The topological polar surface area (TPSA) is 50.8 Å². The summed E-state index contributed by atoms with van der Waals surface area (Å²) in [6.07, 6.45) is 2.58. The zero-order valence-electron chi connectivity index (χ0n) is 16.8. The third-order valence-electron chi connectivity index (χ3n) is 5.16. The molecule has 0 bridgehead atoms. The van der Waals surface area contributed by atoms with Gasteiger partial charge in [0.05, 0.1) is 7.11 Å². The molecule has 1 atom stereocenters.